The maximum absolute atomic E-state index is 10.7. The third-order valence-electron chi connectivity index (χ3n) is 2.40. The monoisotopic (exact) mass is 280 g/mol. The Hall–Kier alpha value is -1.30. The molecular weight excluding hydrogens is 268 g/mol. The van der Waals surface area contributed by atoms with Crippen LogP contribution in [-0.2, 0) is 12.4 Å². The number of thiophene rings is 1. The van der Waals surface area contributed by atoms with Crippen LogP contribution in [0.5, 0.6) is 0 Å². The molecule has 0 bridgehead atoms. The van der Waals surface area contributed by atoms with Gasteiger partial charge in [-0.05, 0) is 17.2 Å². The number of aromatic carboxylic acids is 1. The van der Waals surface area contributed by atoms with Crippen molar-refractivity contribution in [3.63, 3.8) is 0 Å². The molecule has 2 aromatic rings. The van der Waals surface area contributed by atoms with Crippen molar-refractivity contribution < 1.29 is 15.0 Å². The molecule has 0 aliphatic carbocycles. The Balaban J connectivity index is 1.95. The fourth-order valence-corrected chi connectivity index (χ4v) is 3.24. The Labute approximate surface area is 113 Å². The van der Waals surface area contributed by atoms with Gasteiger partial charge in [-0.25, -0.2) is 4.79 Å². The topological polar surface area (TPSA) is 57.5 Å². The number of carboxylic acids is 1. The van der Waals surface area contributed by atoms with Gasteiger partial charge in [-0.3, -0.25) is 0 Å². The molecule has 0 saturated heterocycles. The highest BCUT2D eigenvalue weighted by Crippen LogP contribution is 2.27. The predicted octanol–water partition coefficient (Wildman–Crippen LogP) is 3.23. The summed E-state index contributed by atoms with van der Waals surface area (Å²) in [6.45, 7) is 0.0555. The van der Waals surface area contributed by atoms with Crippen LogP contribution in [-0.4, -0.2) is 16.2 Å². The first-order valence-corrected chi connectivity index (χ1v) is 7.19. The number of hydrogen-bond acceptors (Lipinski definition) is 4. The summed E-state index contributed by atoms with van der Waals surface area (Å²) in [5.41, 5.74) is 2.05. The van der Waals surface area contributed by atoms with Crippen molar-refractivity contribution in [3.05, 3.63) is 51.7 Å². The SMILES string of the molecule is O=C(O)c1cc(SCc2ccc(CO)cc2)cs1. The molecule has 3 nitrogen and oxygen atoms in total. The lowest BCUT2D eigenvalue weighted by Crippen LogP contribution is -1.89. The van der Waals surface area contributed by atoms with E-state index in [1.54, 1.807) is 17.8 Å². The van der Waals surface area contributed by atoms with Crippen LogP contribution in [0.1, 0.15) is 20.8 Å². The van der Waals surface area contributed by atoms with Crippen molar-refractivity contribution >= 4 is 29.1 Å². The largest absolute Gasteiger partial charge is 0.477 e. The molecule has 18 heavy (non-hydrogen) atoms. The second-order valence-electron chi connectivity index (χ2n) is 3.72. The lowest BCUT2D eigenvalue weighted by Gasteiger charge is -2.01. The fraction of sp³-hybridized carbons (Fsp3) is 0.154. The Morgan fingerprint density at radius 1 is 1.22 bits per heavy atom. The first-order chi connectivity index (χ1) is 8.69. The summed E-state index contributed by atoms with van der Waals surface area (Å²) in [5, 5.41) is 19.6. The van der Waals surface area contributed by atoms with E-state index in [1.165, 1.54) is 11.3 Å². The molecule has 0 fully saturated rings. The van der Waals surface area contributed by atoms with Crippen LogP contribution in [0.25, 0.3) is 0 Å². The Kier molecular flexibility index (Phi) is 4.41. The van der Waals surface area contributed by atoms with E-state index in [0.717, 1.165) is 21.8 Å². The smallest absolute Gasteiger partial charge is 0.345 e. The molecule has 1 aromatic heterocycles. The predicted molar refractivity (Wildman–Crippen MR) is 73.2 cm³/mol. The van der Waals surface area contributed by atoms with E-state index in [1.807, 2.05) is 29.6 Å². The van der Waals surface area contributed by atoms with Gasteiger partial charge in [0.05, 0.1) is 6.61 Å². The third kappa shape index (κ3) is 3.35. The molecule has 1 heterocycles. The van der Waals surface area contributed by atoms with Crippen LogP contribution in [0.15, 0.2) is 40.6 Å². The molecule has 0 unspecified atom stereocenters. The molecular formula is C13H12O3S2. The maximum atomic E-state index is 10.7. The summed E-state index contributed by atoms with van der Waals surface area (Å²) in [6, 6.07) is 9.43. The van der Waals surface area contributed by atoms with Gasteiger partial charge in [-0.15, -0.1) is 23.1 Å². The molecule has 0 aliphatic heterocycles. The molecule has 94 valence electrons. The van der Waals surface area contributed by atoms with Crippen molar-refractivity contribution in [2.75, 3.05) is 0 Å². The zero-order valence-corrected chi connectivity index (χ0v) is 11.1. The quantitative estimate of drug-likeness (QED) is 0.826. The lowest BCUT2D eigenvalue weighted by molar-refractivity contribution is 0.0702. The van der Waals surface area contributed by atoms with Crippen LogP contribution >= 0.6 is 23.1 Å². The van der Waals surface area contributed by atoms with Gasteiger partial charge in [0.1, 0.15) is 4.88 Å². The van der Waals surface area contributed by atoms with E-state index in [2.05, 4.69) is 0 Å². The van der Waals surface area contributed by atoms with E-state index in [0.29, 0.717) is 4.88 Å². The molecule has 0 radical (unpaired) electrons. The number of benzene rings is 1. The van der Waals surface area contributed by atoms with Crippen molar-refractivity contribution in [1.29, 1.82) is 0 Å². The molecule has 0 saturated carbocycles. The minimum Gasteiger partial charge on any atom is -0.477 e. The van der Waals surface area contributed by atoms with Gasteiger partial charge in [0.15, 0.2) is 0 Å². The van der Waals surface area contributed by atoms with Gasteiger partial charge < -0.3 is 10.2 Å². The number of carboxylic acid groups (broad SMARTS) is 1. The Morgan fingerprint density at radius 3 is 2.44 bits per heavy atom. The first-order valence-electron chi connectivity index (χ1n) is 5.32. The highest BCUT2D eigenvalue weighted by Gasteiger charge is 2.07. The zero-order chi connectivity index (χ0) is 13.0. The van der Waals surface area contributed by atoms with Crippen LogP contribution in [0.2, 0.25) is 0 Å². The average molecular weight is 280 g/mol. The molecule has 1 aromatic carbocycles. The standard InChI is InChI=1S/C13H12O3S2/c14-6-9-1-3-10(4-2-9)7-17-11-5-12(13(15)16)18-8-11/h1-5,8,14H,6-7H2,(H,15,16). The lowest BCUT2D eigenvalue weighted by atomic mass is 10.2. The first kappa shape index (κ1) is 13.1. The minimum absolute atomic E-state index is 0.0555. The van der Waals surface area contributed by atoms with Crippen LogP contribution in [0, 0.1) is 0 Å². The van der Waals surface area contributed by atoms with Gasteiger partial charge in [-0.1, -0.05) is 24.3 Å². The summed E-state index contributed by atoms with van der Waals surface area (Å²) in [6.07, 6.45) is 0. The van der Waals surface area contributed by atoms with Crippen molar-refractivity contribution in [2.45, 2.75) is 17.3 Å². The van der Waals surface area contributed by atoms with Gasteiger partial charge in [0.2, 0.25) is 0 Å². The Bertz CT molecular complexity index is 531. The molecule has 0 aliphatic rings. The second-order valence-corrected chi connectivity index (χ2v) is 5.68. The number of rotatable bonds is 5. The second kappa shape index (κ2) is 6.04. The molecule has 0 amide bonds. The summed E-state index contributed by atoms with van der Waals surface area (Å²) in [4.78, 5) is 12.1. The maximum Gasteiger partial charge on any atom is 0.345 e. The normalized spacial score (nSPS) is 10.5. The summed E-state index contributed by atoms with van der Waals surface area (Å²) in [5.74, 6) is -0.0826. The molecule has 0 atom stereocenters. The molecule has 0 spiro atoms. The average Bonchev–Trinajstić information content (AvgIpc) is 2.86. The number of aliphatic hydroxyl groups excluding tert-OH is 1. The summed E-state index contributed by atoms with van der Waals surface area (Å²) >= 11 is 2.86. The zero-order valence-electron chi connectivity index (χ0n) is 9.50. The van der Waals surface area contributed by atoms with Crippen molar-refractivity contribution in [2.24, 2.45) is 0 Å². The van der Waals surface area contributed by atoms with Crippen LogP contribution < -0.4 is 0 Å². The van der Waals surface area contributed by atoms with E-state index < -0.39 is 5.97 Å². The minimum atomic E-state index is -0.876. The van der Waals surface area contributed by atoms with Gasteiger partial charge in [-0.2, -0.15) is 0 Å². The highest BCUT2D eigenvalue weighted by molar-refractivity contribution is 7.98. The number of thioether (sulfide) groups is 1. The van der Waals surface area contributed by atoms with Gasteiger partial charge >= 0.3 is 5.97 Å². The van der Waals surface area contributed by atoms with Gasteiger partial charge in [0.25, 0.3) is 0 Å². The molecule has 5 heteroatoms. The van der Waals surface area contributed by atoms with E-state index in [4.69, 9.17) is 10.2 Å². The van der Waals surface area contributed by atoms with Crippen LogP contribution in [0.4, 0.5) is 0 Å². The third-order valence-corrected chi connectivity index (χ3v) is 4.51. The van der Waals surface area contributed by atoms with Gasteiger partial charge in [0, 0.05) is 16.0 Å². The summed E-state index contributed by atoms with van der Waals surface area (Å²) < 4.78 is 0. The van der Waals surface area contributed by atoms with E-state index in [-0.39, 0.29) is 6.61 Å². The van der Waals surface area contributed by atoms with Crippen LogP contribution in [0.3, 0.4) is 0 Å². The molecule has 2 rings (SSSR count). The number of aliphatic hydroxyl groups is 1. The Morgan fingerprint density at radius 2 is 1.89 bits per heavy atom. The fourth-order valence-electron chi connectivity index (χ4n) is 1.41. The number of carbonyl (C=O) groups is 1. The molecule has 2 N–H and O–H groups in total. The summed E-state index contributed by atoms with van der Waals surface area (Å²) in [7, 11) is 0. The van der Waals surface area contributed by atoms with E-state index in [9.17, 15) is 4.79 Å². The van der Waals surface area contributed by atoms with E-state index >= 15 is 0 Å². The van der Waals surface area contributed by atoms with Crippen molar-refractivity contribution in [3.8, 4) is 0 Å². The number of hydrogen-bond donors (Lipinski definition) is 2. The highest BCUT2D eigenvalue weighted by atomic mass is 32.2. The van der Waals surface area contributed by atoms with Crippen molar-refractivity contribution in [1.82, 2.24) is 0 Å².